The molecule has 2 rings (SSSR count). The third-order valence-electron chi connectivity index (χ3n) is 3.36. The van der Waals surface area contributed by atoms with Crippen molar-refractivity contribution in [3.05, 3.63) is 35.5 Å². The molecule has 2 aromatic rings. The van der Waals surface area contributed by atoms with Crippen molar-refractivity contribution in [2.45, 2.75) is 40.0 Å². The smallest absolute Gasteiger partial charge is 0.231 e. The first-order valence-electron chi connectivity index (χ1n) is 7.10. The third kappa shape index (κ3) is 3.88. The van der Waals surface area contributed by atoms with Crippen LogP contribution in [0.15, 0.2) is 22.7 Å². The van der Waals surface area contributed by atoms with Crippen LogP contribution in [0, 0.1) is 18.2 Å². The first-order valence-corrected chi connectivity index (χ1v) is 7.10. The summed E-state index contributed by atoms with van der Waals surface area (Å²) in [5.74, 6) is 0.792. The molecule has 1 aromatic heterocycles. The van der Waals surface area contributed by atoms with Crippen molar-refractivity contribution >= 4 is 0 Å². The summed E-state index contributed by atoms with van der Waals surface area (Å²) < 4.78 is 18.5. The van der Waals surface area contributed by atoms with E-state index in [-0.39, 0.29) is 17.2 Å². The van der Waals surface area contributed by atoms with E-state index < -0.39 is 0 Å². The molecule has 0 spiro atoms. The summed E-state index contributed by atoms with van der Waals surface area (Å²) in [6, 6.07) is 4.52. The van der Waals surface area contributed by atoms with Crippen LogP contribution in [-0.2, 0) is 0 Å². The highest BCUT2D eigenvalue weighted by atomic mass is 19.1. The van der Waals surface area contributed by atoms with Crippen LogP contribution >= 0.6 is 0 Å². The van der Waals surface area contributed by atoms with E-state index in [2.05, 4.69) is 30.9 Å². The van der Waals surface area contributed by atoms with Gasteiger partial charge in [0.15, 0.2) is 0 Å². The van der Waals surface area contributed by atoms with Crippen LogP contribution in [0.5, 0.6) is 0 Å². The number of rotatable bonds is 4. The maximum Gasteiger partial charge on any atom is 0.231 e. The lowest BCUT2D eigenvalue weighted by molar-refractivity contribution is 0.287. The molecule has 5 heteroatoms. The van der Waals surface area contributed by atoms with Crippen molar-refractivity contribution < 1.29 is 8.91 Å². The van der Waals surface area contributed by atoms with Crippen LogP contribution in [0.25, 0.3) is 11.4 Å². The van der Waals surface area contributed by atoms with Crippen LogP contribution in [0.4, 0.5) is 4.39 Å². The average molecular weight is 291 g/mol. The fourth-order valence-corrected chi connectivity index (χ4v) is 2.40. The number of halogens is 1. The van der Waals surface area contributed by atoms with Gasteiger partial charge in [0.25, 0.3) is 0 Å². The lowest BCUT2D eigenvalue weighted by Gasteiger charge is -2.22. The molecular formula is C16H22FN3O. The molecule has 4 nitrogen and oxygen atoms in total. The number of benzene rings is 1. The highest BCUT2D eigenvalue weighted by Crippen LogP contribution is 2.31. The molecule has 0 fully saturated rings. The Kier molecular flexibility index (Phi) is 4.42. The third-order valence-corrected chi connectivity index (χ3v) is 3.36. The van der Waals surface area contributed by atoms with E-state index in [9.17, 15) is 4.39 Å². The first-order chi connectivity index (χ1) is 9.80. The molecule has 1 atom stereocenters. The molecule has 0 saturated heterocycles. The average Bonchev–Trinajstić information content (AvgIpc) is 2.84. The van der Waals surface area contributed by atoms with Gasteiger partial charge in [-0.05, 0) is 42.5 Å². The summed E-state index contributed by atoms with van der Waals surface area (Å²) >= 11 is 0. The van der Waals surface area contributed by atoms with Crippen LogP contribution < -0.4 is 5.73 Å². The molecule has 1 unspecified atom stereocenters. The molecule has 114 valence electrons. The minimum atomic E-state index is -0.271. The number of hydrogen-bond acceptors (Lipinski definition) is 4. The zero-order chi connectivity index (χ0) is 15.6. The van der Waals surface area contributed by atoms with E-state index in [1.165, 1.54) is 12.1 Å². The lowest BCUT2D eigenvalue weighted by Crippen LogP contribution is -2.19. The number of nitrogens with zero attached hydrogens (tertiary/aromatic N) is 2. The van der Waals surface area contributed by atoms with Gasteiger partial charge in [0.05, 0.1) is 5.92 Å². The van der Waals surface area contributed by atoms with Crippen molar-refractivity contribution in [3.8, 4) is 11.4 Å². The molecule has 0 bridgehead atoms. The van der Waals surface area contributed by atoms with E-state index in [0.29, 0.717) is 18.3 Å². The molecule has 0 aliphatic rings. The van der Waals surface area contributed by atoms with Gasteiger partial charge in [-0.1, -0.05) is 25.9 Å². The predicted octanol–water partition coefficient (Wildman–Crippen LogP) is 3.66. The van der Waals surface area contributed by atoms with Gasteiger partial charge in [0.1, 0.15) is 5.82 Å². The second kappa shape index (κ2) is 5.93. The summed E-state index contributed by atoms with van der Waals surface area (Å²) in [5, 5.41) is 4.01. The molecule has 2 N–H and O–H groups in total. The fourth-order valence-electron chi connectivity index (χ4n) is 2.40. The Balaban J connectivity index is 2.28. The molecule has 0 radical (unpaired) electrons. The fraction of sp³-hybridized carbons (Fsp3) is 0.500. The molecule has 0 saturated carbocycles. The summed E-state index contributed by atoms with van der Waals surface area (Å²) in [6.07, 6.45) is 0.869. The SMILES string of the molecule is Cc1cc(F)ccc1-c1noc(C(CN)CC(C)(C)C)n1. The monoisotopic (exact) mass is 291 g/mol. The Morgan fingerprint density at radius 1 is 1.33 bits per heavy atom. The van der Waals surface area contributed by atoms with Gasteiger partial charge in [-0.25, -0.2) is 4.39 Å². The van der Waals surface area contributed by atoms with Crippen molar-refractivity contribution in [1.82, 2.24) is 10.1 Å². The number of nitrogens with two attached hydrogens (primary N) is 1. The number of hydrogen-bond donors (Lipinski definition) is 1. The summed E-state index contributed by atoms with van der Waals surface area (Å²) in [7, 11) is 0. The molecular weight excluding hydrogens is 269 g/mol. The highest BCUT2D eigenvalue weighted by molar-refractivity contribution is 5.59. The van der Waals surface area contributed by atoms with Crippen LogP contribution in [0.3, 0.4) is 0 Å². The van der Waals surface area contributed by atoms with Gasteiger partial charge < -0.3 is 10.3 Å². The predicted molar refractivity (Wildman–Crippen MR) is 80.3 cm³/mol. The normalized spacial score (nSPS) is 13.4. The van der Waals surface area contributed by atoms with E-state index >= 15 is 0 Å². The standard InChI is InChI=1S/C16H22FN3O/c1-10-7-12(17)5-6-13(10)14-19-15(21-20-14)11(9-18)8-16(2,3)4/h5-7,11H,8-9,18H2,1-4H3. The van der Waals surface area contributed by atoms with E-state index in [4.69, 9.17) is 10.3 Å². The van der Waals surface area contributed by atoms with E-state index in [0.717, 1.165) is 17.5 Å². The minimum Gasteiger partial charge on any atom is -0.339 e. The summed E-state index contributed by atoms with van der Waals surface area (Å²) in [4.78, 5) is 4.45. The van der Waals surface area contributed by atoms with Crippen LogP contribution in [0.2, 0.25) is 0 Å². The topological polar surface area (TPSA) is 64.9 Å². The Bertz CT molecular complexity index is 616. The molecule has 1 heterocycles. The van der Waals surface area contributed by atoms with Crippen molar-refractivity contribution in [3.63, 3.8) is 0 Å². The second-order valence-electron chi connectivity index (χ2n) is 6.61. The zero-order valence-electron chi connectivity index (χ0n) is 13.0. The Morgan fingerprint density at radius 3 is 2.62 bits per heavy atom. The van der Waals surface area contributed by atoms with Crippen molar-refractivity contribution in [2.75, 3.05) is 6.54 Å². The maximum atomic E-state index is 13.2. The molecule has 0 aliphatic heterocycles. The zero-order valence-corrected chi connectivity index (χ0v) is 13.0. The van der Waals surface area contributed by atoms with Gasteiger partial charge >= 0.3 is 0 Å². The van der Waals surface area contributed by atoms with Crippen LogP contribution in [0.1, 0.15) is 44.6 Å². The van der Waals surface area contributed by atoms with Gasteiger partial charge in [-0.15, -0.1) is 0 Å². The first kappa shape index (κ1) is 15.6. The Morgan fingerprint density at radius 2 is 2.05 bits per heavy atom. The van der Waals surface area contributed by atoms with E-state index in [1.54, 1.807) is 6.07 Å². The second-order valence-corrected chi connectivity index (χ2v) is 6.61. The largest absolute Gasteiger partial charge is 0.339 e. The van der Waals surface area contributed by atoms with Gasteiger partial charge in [0, 0.05) is 12.1 Å². The summed E-state index contributed by atoms with van der Waals surface area (Å²) in [5.41, 5.74) is 7.52. The Labute approximate surface area is 124 Å². The van der Waals surface area contributed by atoms with E-state index in [1.807, 2.05) is 6.92 Å². The van der Waals surface area contributed by atoms with Crippen molar-refractivity contribution in [1.29, 1.82) is 0 Å². The maximum absolute atomic E-state index is 13.2. The van der Waals surface area contributed by atoms with Crippen molar-refractivity contribution in [2.24, 2.45) is 11.1 Å². The molecule has 0 aliphatic carbocycles. The molecule has 21 heavy (non-hydrogen) atoms. The van der Waals surface area contributed by atoms with Gasteiger partial charge in [-0.3, -0.25) is 0 Å². The van der Waals surface area contributed by atoms with Crippen LogP contribution in [-0.4, -0.2) is 16.7 Å². The van der Waals surface area contributed by atoms with Gasteiger partial charge in [0.2, 0.25) is 11.7 Å². The minimum absolute atomic E-state index is 0.0343. The number of aryl methyl sites for hydroxylation is 1. The Hall–Kier alpha value is -1.75. The quantitative estimate of drug-likeness (QED) is 0.933. The lowest BCUT2D eigenvalue weighted by atomic mass is 9.84. The number of aromatic nitrogens is 2. The molecule has 1 aromatic carbocycles. The molecule has 0 amide bonds. The highest BCUT2D eigenvalue weighted by Gasteiger charge is 2.24. The van der Waals surface area contributed by atoms with Gasteiger partial charge in [-0.2, -0.15) is 4.98 Å². The summed E-state index contributed by atoms with van der Waals surface area (Å²) in [6.45, 7) is 8.73.